The van der Waals surface area contributed by atoms with Crippen molar-refractivity contribution in [3.63, 3.8) is 0 Å². The van der Waals surface area contributed by atoms with Crippen molar-refractivity contribution in [3.8, 4) is 0 Å². The zero-order chi connectivity index (χ0) is 25.3. The Morgan fingerprint density at radius 3 is 2.21 bits per heavy atom. The lowest BCUT2D eigenvalue weighted by atomic mass is 10.0. The first-order chi connectivity index (χ1) is 15.1. The summed E-state index contributed by atoms with van der Waals surface area (Å²) in [4.78, 5) is 37.1. The van der Waals surface area contributed by atoms with Crippen molar-refractivity contribution in [2.45, 2.75) is 97.8 Å². The number of aromatic nitrogens is 1. The smallest absolute Gasteiger partial charge is 0.418 e. The SMILES string of the molecule is CCCCCC(=O)OC[C@@](C)(/C=C/c1cccn1C(=O)OC(C)(C)C)NC(=O)OC(C)(C)C. The van der Waals surface area contributed by atoms with Crippen molar-refractivity contribution in [1.82, 2.24) is 9.88 Å². The second kappa shape index (κ2) is 11.9. The fraction of sp³-hybridized carbons (Fsp3) is 0.640. The van der Waals surface area contributed by atoms with Crippen LogP contribution in [0.2, 0.25) is 0 Å². The minimum Gasteiger partial charge on any atom is -0.463 e. The molecule has 1 N–H and O–H groups in total. The molecule has 8 heteroatoms. The van der Waals surface area contributed by atoms with E-state index in [1.54, 1.807) is 78.9 Å². The summed E-state index contributed by atoms with van der Waals surface area (Å²) in [6.07, 6.45) is 6.82. The van der Waals surface area contributed by atoms with Gasteiger partial charge in [-0.15, -0.1) is 0 Å². The first kappa shape index (κ1) is 28.3. The molecule has 1 heterocycles. The average Bonchev–Trinajstić information content (AvgIpc) is 3.11. The Kier molecular flexibility index (Phi) is 10.2. The molecule has 186 valence electrons. The molecule has 0 unspecified atom stereocenters. The first-order valence-electron chi connectivity index (χ1n) is 11.4. The quantitative estimate of drug-likeness (QED) is 0.286. The van der Waals surface area contributed by atoms with E-state index in [-0.39, 0.29) is 12.6 Å². The van der Waals surface area contributed by atoms with E-state index in [1.165, 1.54) is 4.57 Å². The molecule has 0 aliphatic rings. The average molecular weight is 465 g/mol. The second-order valence-corrected chi connectivity index (χ2v) is 10.3. The summed E-state index contributed by atoms with van der Waals surface area (Å²) in [5, 5.41) is 2.77. The van der Waals surface area contributed by atoms with Crippen LogP contribution in [0.1, 0.15) is 86.8 Å². The zero-order valence-electron chi connectivity index (χ0n) is 21.3. The Morgan fingerprint density at radius 1 is 1.00 bits per heavy atom. The summed E-state index contributed by atoms with van der Waals surface area (Å²) in [5.74, 6) is -0.328. The van der Waals surface area contributed by atoms with Gasteiger partial charge in [-0.3, -0.25) is 9.36 Å². The fourth-order valence-electron chi connectivity index (χ4n) is 2.76. The molecular formula is C25H40N2O6. The molecule has 0 aliphatic heterocycles. The van der Waals surface area contributed by atoms with E-state index in [1.807, 2.05) is 0 Å². The molecule has 8 nitrogen and oxygen atoms in total. The lowest BCUT2D eigenvalue weighted by molar-refractivity contribution is -0.145. The summed E-state index contributed by atoms with van der Waals surface area (Å²) in [7, 11) is 0. The third kappa shape index (κ3) is 11.6. The van der Waals surface area contributed by atoms with Crippen LogP contribution in [-0.4, -0.2) is 46.1 Å². The summed E-state index contributed by atoms with van der Waals surface area (Å²) in [6, 6.07) is 3.46. The second-order valence-electron chi connectivity index (χ2n) is 10.3. The maximum Gasteiger partial charge on any atom is 0.418 e. The van der Waals surface area contributed by atoms with Gasteiger partial charge in [-0.05, 0) is 73.1 Å². The molecule has 33 heavy (non-hydrogen) atoms. The number of hydrogen-bond donors (Lipinski definition) is 1. The Balaban J connectivity index is 3.03. The summed E-state index contributed by atoms with van der Waals surface area (Å²) >= 11 is 0. The zero-order valence-corrected chi connectivity index (χ0v) is 21.3. The highest BCUT2D eigenvalue weighted by molar-refractivity contribution is 5.75. The lowest BCUT2D eigenvalue weighted by Gasteiger charge is -2.29. The number of nitrogens with one attached hydrogen (secondary N) is 1. The monoisotopic (exact) mass is 464 g/mol. The molecule has 1 aromatic heterocycles. The minimum atomic E-state index is -1.06. The van der Waals surface area contributed by atoms with Crippen molar-refractivity contribution < 1.29 is 28.6 Å². The maximum absolute atomic E-state index is 12.5. The third-order valence-electron chi connectivity index (χ3n) is 4.30. The molecule has 0 saturated carbocycles. The Hall–Kier alpha value is -2.77. The molecule has 1 amide bonds. The number of rotatable bonds is 9. The number of hydrogen-bond acceptors (Lipinski definition) is 6. The predicted octanol–water partition coefficient (Wildman–Crippen LogP) is 5.69. The molecule has 0 aliphatic carbocycles. The number of alkyl carbamates (subject to hydrolysis) is 1. The van der Waals surface area contributed by atoms with Gasteiger partial charge in [0.15, 0.2) is 0 Å². The van der Waals surface area contributed by atoms with E-state index < -0.39 is 28.9 Å². The number of nitrogens with zero attached hydrogens (tertiary/aromatic N) is 1. The molecule has 1 aromatic rings. The number of ether oxygens (including phenoxy) is 3. The van der Waals surface area contributed by atoms with Gasteiger partial charge >= 0.3 is 18.2 Å². The number of carbonyl (C=O) groups is 3. The van der Waals surface area contributed by atoms with E-state index in [9.17, 15) is 14.4 Å². The number of carbonyl (C=O) groups excluding carboxylic acids is 3. The van der Waals surface area contributed by atoms with E-state index >= 15 is 0 Å². The van der Waals surface area contributed by atoms with Gasteiger partial charge in [-0.2, -0.15) is 0 Å². The van der Waals surface area contributed by atoms with Crippen LogP contribution >= 0.6 is 0 Å². The molecular weight excluding hydrogens is 424 g/mol. The van der Waals surface area contributed by atoms with Crippen LogP contribution in [0.15, 0.2) is 24.4 Å². The standard InChI is InChI=1S/C25H40N2O6/c1-9-10-11-14-20(28)31-18-25(8,26-21(29)32-23(2,3)4)16-15-19-13-12-17-27(19)22(30)33-24(5,6)7/h12-13,15-17H,9-11,14,18H2,1-8H3,(H,26,29)/b16-15+/t25-/m1/s1. The summed E-state index contributed by atoms with van der Waals surface area (Å²) in [5.41, 5.74) is -1.83. The first-order valence-corrected chi connectivity index (χ1v) is 11.4. The largest absolute Gasteiger partial charge is 0.463 e. The maximum atomic E-state index is 12.5. The van der Waals surface area contributed by atoms with Crippen LogP contribution in [0.5, 0.6) is 0 Å². The third-order valence-corrected chi connectivity index (χ3v) is 4.30. The van der Waals surface area contributed by atoms with Crippen molar-refractivity contribution in [2.24, 2.45) is 0 Å². The summed E-state index contributed by atoms with van der Waals surface area (Å²) in [6.45, 7) is 14.4. The van der Waals surface area contributed by atoms with Crippen LogP contribution in [0, 0.1) is 0 Å². The molecule has 0 bridgehead atoms. The predicted molar refractivity (Wildman–Crippen MR) is 128 cm³/mol. The van der Waals surface area contributed by atoms with E-state index in [2.05, 4.69) is 12.2 Å². The van der Waals surface area contributed by atoms with Crippen molar-refractivity contribution >= 4 is 24.2 Å². The van der Waals surface area contributed by atoms with E-state index in [0.29, 0.717) is 12.1 Å². The van der Waals surface area contributed by atoms with Gasteiger partial charge < -0.3 is 19.5 Å². The van der Waals surface area contributed by atoms with Crippen LogP contribution in [-0.2, 0) is 19.0 Å². The topological polar surface area (TPSA) is 95.9 Å². The van der Waals surface area contributed by atoms with Gasteiger partial charge in [0.1, 0.15) is 17.8 Å². The fourth-order valence-corrected chi connectivity index (χ4v) is 2.76. The van der Waals surface area contributed by atoms with Crippen molar-refractivity contribution in [1.29, 1.82) is 0 Å². The van der Waals surface area contributed by atoms with E-state index in [4.69, 9.17) is 14.2 Å². The minimum absolute atomic E-state index is 0.0825. The van der Waals surface area contributed by atoms with Crippen LogP contribution in [0.25, 0.3) is 6.08 Å². The number of amides is 1. The van der Waals surface area contributed by atoms with Gasteiger partial charge in [0.05, 0.1) is 11.2 Å². The highest BCUT2D eigenvalue weighted by Crippen LogP contribution is 2.17. The molecule has 1 rings (SSSR count). The summed E-state index contributed by atoms with van der Waals surface area (Å²) < 4.78 is 17.6. The van der Waals surface area contributed by atoms with Gasteiger partial charge in [-0.25, -0.2) is 9.59 Å². The normalized spacial score (nSPS) is 13.9. The van der Waals surface area contributed by atoms with Crippen molar-refractivity contribution in [2.75, 3.05) is 6.61 Å². The Bertz CT molecular complexity index is 829. The molecule has 0 radical (unpaired) electrons. The highest BCUT2D eigenvalue weighted by Gasteiger charge is 2.29. The van der Waals surface area contributed by atoms with Crippen LogP contribution < -0.4 is 5.32 Å². The molecule has 0 saturated heterocycles. The number of unbranched alkanes of at least 4 members (excludes halogenated alkanes) is 2. The van der Waals surface area contributed by atoms with E-state index in [0.717, 1.165) is 19.3 Å². The van der Waals surface area contributed by atoms with Gasteiger partial charge in [0.2, 0.25) is 0 Å². The van der Waals surface area contributed by atoms with Gasteiger partial charge in [0, 0.05) is 12.6 Å². The number of esters is 1. The molecule has 0 aromatic carbocycles. The molecule has 0 fully saturated rings. The highest BCUT2D eigenvalue weighted by atomic mass is 16.6. The lowest BCUT2D eigenvalue weighted by Crippen LogP contribution is -2.50. The van der Waals surface area contributed by atoms with Crippen LogP contribution in [0.4, 0.5) is 9.59 Å². The van der Waals surface area contributed by atoms with Crippen molar-refractivity contribution in [3.05, 3.63) is 30.1 Å². The Morgan fingerprint density at radius 2 is 1.64 bits per heavy atom. The van der Waals surface area contributed by atoms with Gasteiger partial charge in [-0.1, -0.05) is 25.8 Å². The molecule has 0 spiro atoms. The van der Waals surface area contributed by atoms with Crippen LogP contribution in [0.3, 0.4) is 0 Å². The van der Waals surface area contributed by atoms with Gasteiger partial charge in [0.25, 0.3) is 0 Å². The molecule has 1 atom stereocenters. The Labute approximate surface area is 197 Å².